The van der Waals surface area contributed by atoms with Crippen LogP contribution >= 0.6 is 0 Å². The summed E-state index contributed by atoms with van der Waals surface area (Å²) in [6.07, 6.45) is 3.22. The van der Waals surface area contributed by atoms with Gasteiger partial charge in [-0.1, -0.05) is 64.3 Å². The molecule has 0 amide bonds. The molecule has 124 valence electrons. The second-order valence-corrected chi connectivity index (χ2v) is 8.78. The van der Waals surface area contributed by atoms with E-state index in [4.69, 9.17) is 0 Å². The Morgan fingerprint density at radius 3 is 2.23 bits per heavy atom. The monoisotopic (exact) mass is 324 g/mol. The number of aliphatic hydroxyl groups is 1. The van der Waals surface area contributed by atoms with Gasteiger partial charge in [0.2, 0.25) is 9.84 Å². The lowest BCUT2D eigenvalue weighted by atomic mass is 9.88. The lowest BCUT2D eigenvalue weighted by Gasteiger charge is -2.28. The standard InChI is InChI=1S/C18H28O3S/c1-6-7-8-9-16(17(19)18(3,4)5)22(20,21)15-12-10-14(2)11-13-15/h9-13,17,19H,6-8H2,1-5H3/b16-9+/t17-/m1/s1. The topological polar surface area (TPSA) is 54.4 Å². The number of aryl methyl sites for hydroxylation is 1. The number of unbranched alkanes of at least 4 members (excludes halogenated alkanes) is 2. The molecule has 1 atom stereocenters. The number of hydrogen-bond donors (Lipinski definition) is 1. The van der Waals surface area contributed by atoms with Crippen LogP contribution in [0.4, 0.5) is 0 Å². The zero-order valence-electron chi connectivity index (χ0n) is 14.3. The predicted molar refractivity (Wildman–Crippen MR) is 91.4 cm³/mol. The van der Waals surface area contributed by atoms with Crippen molar-refractivity contribution in [2.24, 2.45) is 5.41 Å². The number of allylic oxidation sites excluding steroid dienone is 1. The van der Waals surface area contributed by atoms with Crippen LogP contribution in [0.2, 0.25) is 0 Å². The third-order valence-corrected chi connectivity index (χ3v) is 5.54. The van der Waals surface area contributed by atoms with Crippen molar-refractivity contribution >= 4 is 9.84 Å². The summed E-state index contributed by atoms with van der Waals surface area (Å²) in [5.41, 5.74) is 0.474. The zero-order valence-corrected chi connectivity index (χ0v) is 15.1. The van der Waals surface area contributed by atoms with Crippen LogP contribution in [0.15, 0.2) is 40.1 Å². The van der Waals surface area contributed by atoms with E-state index in [1.807, 2.05) is 27.7 Å². The molecule has 0 aliphatic heterocycles. The Morgan fingerprint density at radius 1 is 1.23 bits per heavy atom. The quantitative estimate of drug-likeness (QED) is 0.796. The van der Waals surface area contributed by atoms with Gasteiger partial charge in [-0.25, -0.2) is 8.42 Å². The molecule has 22 heavy (non-hydrogen) atoms. The van der Waals surface area contributed by atoms with Gasteiger partial charge in [0.05, 0.1) is 15.9 Å². The second kappa shape index (κ2) is 7.42. The molecule has 0 aromatic heterocycles. The van der Waals surface area contributed by atoms with E-state index in [0.29, 0.717) is 6.42 Å². The maximum absolute atomic E-state index is 12.9. The van der Waals surface area contributed by atoms with Gasteiger partial charge in [-0.15, -0.1) is 0 Å². The largest absolute Gasteiger partial charge is 0.387 e. The Bertz CT molecular complexity index is 605. The third-order valence-electron chi connectivity index (χ3n) is 3.63. The van der Waals surface area contributed by atoms with Crippen LogP contribution in [0, 0.1) is 12.3 Å². The molecule has 0 spiro atoms. The van der Waals surface area contributed by atoms with Crippen LogP contribution < -0.4 is 0 Å². The summed E-state index contributed by atoms with van der Waals surface area (Å²) in [6, 6.07) is 6.77. The summed E-state index contributed by atoms with van der Waals surface area (Å²) in [4.78, 5) is 0.362. The second-order valence-electron chi connectivity index (χ2n) is 6.83. The summed E-state index contributed by atoms with van der Waals surface area (Å²) in [7, 11) is -3.67. The smallest absolute Gasteiger partial charge is 0.205 e. The average Bonchev–Trinajstić information content (AvgIpc) is 2.42. The van der Waals surface area contributed by atoms with Crippen LogP contribution in [0.5, 0.6) is 0 Å². The Balaban J connectivity index is 3.30. The van der Waals surface area contributed by atoms with Crippen LogP contribution in [-0.2, 0) is 9.84 Å². The number of sulfone groups is 1. The normalized spacial score (nSPS) is 14.9. The third kappa shape index (κ3) is 4.68. The summed E-state index contributed by atoms with van der Waals surface area (Å²) < 4.78 is 25.8. The zero-order chi connectivity index (χ0) is 17.0. The van der Waals surface area contributed by atoms with E-state index in [1.165, 1.54) is 0 Å². The number of aliphatic hydroxyl groups excluding tert-OH is 1. The van der Waals surface area contributed by atoms with Gasteiger partial charge in [-0.05, 0) is 30.9 Å². The minimum absolute atomic E-state index is 0.123. The minimum atomic E-state index is -3.67. The molecule has 0 fully saturated rings. The van der Waals surface area contributed by atoms with Gasteiger partial charge in [0.15, 0.2) is 0 Å². The first-order chi connectivity index (χ1) is 10.1. The molecule has 0 aliphatic rings. The van der Waals surface area contributed by atoms with Gasteiger partial charge in [0, 0.05) is 0 Å². The fourth-order valence-electron chi connectivity index (χ4n) is 2.10. The molecule has 0 aliphatic carbocycles. The fraction of sp³-hybridized carbons (Fsp3) is 0.556. The van der Waals surface area contributed by atoms with Crippen molar-refractivity contribution in [2.75, 3.05) is 0 Å². The lowest BCUT2D eigenvalue weighted by Crippen LogP contribution is -2.31. The molecule has 1 aromatic carbocycles. The van der Waals surface area contributed by atoms with Crippen LogP contribution in [-0.4, -0.2) is 19.6 Å². The average molecular weight is 324 g/mol. The molecule has 4 heteroatoms. The maximum atomic E-state index is 12.9. The molecule has 3 nitrogen and oxygen atoms in total. The molecular weight excluding hydrogens is 296 g/mol. The summed E-state index contributed by atoms with van der Waals surface area (Å²) in [5, 5.41) is 10.5. The molecule has 0 radical (unpaired) electrons. The Morgan fingerprint density at radius 2 is 1.77 bits per heavy atom. The first kappa shape index (κ1) is 18.9. The van der Waals surface area contributed by atoms with Crippen molar-refractivity contribution in [3.63, 3.8) is 0 Å². The van der Waals surface area contributed by atoms with Crippen molar-refractivity contribution in [3.05, 3.63) is 40.8 Å². The highest BCUT2D eigenvalue weighted by Gasteiger charge is 2.34. The maximum Gasteiger partial charge on any atom is 0.205 e. The van der Waals surface area contributed by atoms with Crippen molar-refractivity contribution < 1.29 is 13.5 Å². The molecule has 0 heterocycles. The van der Waals surface area contributed by atoms with Crippen LogP contribution in [0.3, 0.4) is 0 Å². The van der Waals surface area contributed by atoms with Gasteiger partial charge >= 0.3 is 0 Å². The Hall–Kier alpha value is -1.13. The van der Waals surface area contributed by atoms with Crippen molar-refractivity contribution in [1.82, 2.24) is 0 Å². The molecule has 1 rings (SSSR count). The molecule has 1 aromatic rings. The number of rotatable bonds is 6. The van der Waals surface area contributed by atoms with Gasteiger partial charge in [-0.2, -0.15) is 0 Å². The Kier molecular flexibility index (Phi) is 6.38. The first-order valence-corrected chi connectivity index (χ1v) is 9.29. The van der Waals surface area contributed by atoms with E-state index in [-0.39, 0.29) is 9.80 Å². The highest BCUT2D eigenvalue weighted by atomic mass is 32.2. The van der Waals surface area contributed by atoms with Crippen LogP contribution in [0.1, 0.15) is 52.5 Å². The van der Waals surface area contributed by atoms with Crippen molar-refractivity contribution in [1.29, 1.82) is 0 Å². The van der Waals surface area contributed by atoms with Gasteiger partial charge in [0.25, 0.3) is 0 Å². The molecule has 1 N–H and O–H groups in total. The highest BCUT2D eigenvalue weighted by Crippen LogP contribution is 2.32. The molecule has 0 saturated carbocycles. The van der Waals surface area contributed by atoms with E-state index in [0.717, 1.165) is 18.4 Å². The van der Waals surface area contributed by atoms with E-state index >= 15 is 0 Å². The van der Waals surface area contributed by atoms with Crippen molar-refractivity contribution in [2.45, 2.75) is 64.9 Å². The minimum Gasteiger partial charge on any atom is -0.387 e. The van der Waals surface area contributed by atoms with E-state index in [2.05, 4.69) is 6.92 Å². The van der Waals surface area contributed by atoms with Crippen molar-refractivity contribution in [3.8, 4) is 0 Å². The van der Waals surface area contributed by atoms with E-state index in [1.54, 1.807) is 30.3 Å². The predicted octanol–water partition coefficient (Wildman–Crippen LogP) is 4.25. The van der Waals surface area contributed by atoms with Gasteiger partial charge in [0.1, 0.15) is 0 Å². The van der Waals surface area contributed by atoms with Crippen LogP contribution in [0.25, 0.3) is 0 Å². The molecule has 0 saturated heterocycles. The highest BCUT2D eigenvalue weighted by molar-refractivity contribution is 7.95. The van der Waals surface area contributed by atoms with Gasteiger partial charge in [-0.3, -0.25) is 0 Å². The summed E-state index contributed by atoms with van der Waals surface area (Å²) in [5.74, 6) is 0. The van der Waals surface area contributed by atoms with E-state index in [9.17, 15) is 13.5 Å². The lowest BCUT2D eigenvalue weighted by molar-refractivity contribution is 0.101. The first-order valence-electron chi connectivity index (χ1n) is 7.80. The fourth-order valence-corrected chi connectivity index (χ4v) is 3.85. The summed E-state index contributed by atoms with van der Waals surface area (Å²) in [6.45, 7) is 9.50. The molecular formula is C18H28O3S. The number of hydrogen-bond acceptors (Lipinski definition) is 3. The van der Waals surface area contributed by atoms with Gasteiger partial charge < -0.3 is 5.11 Å². The number of benzene rings is 1. The molecule has 0 bridgehead atoms. The SMILES string of the molecule is CCCC/C=C(\[C@@H](O)C(C)(C)C)S(=O)(=O)c1ccc(C)cc1. The van der Waals surface area contributed by atoms with E-state index < -0.39 is 21.4 Å². The molecule has 0 unspecified atom stereocenters. The Labute approximate surface area is 135 Å². The summed E-state index contributed by atoms with van der Waals surface area (Å²) >= 11 is 0.